The monoisotopic (exact) mass is 233 g/mol. The van der Waals surface area contributed by atoms with E-state index >= 15 is 0 Å². The molecular weight excluding hydrogens is 221 g/mol. The van der Waals surface area contributed by atoms with Gasteiger partial charge in [-0.05, 0) is 17.7 Å². The van der Waals surface area contributed by atoms with E-state index in [-0.39, 0.29) is 11.4 Å². The van der Waals surface area contributed by atoms with Crippen molar-refractivity contribution in [2.75, 3.05) is 13.3 Å². The van der Waals surface area contributed by atoms with Gasteiger partial charge in [0.05, 0.1) is 0 Å². The van der Waals surface area contributed by atoms with Crippen molar-refractivity contribution in [2.45, 2.75) is 11.4 Å². The molecule has 1 aromatic rings. The molecular formula is C9H12FNO3S. The fourth-order valence-corrected chi connectivity index (χ4v) is 1.94. The minimum atomic E-state index is -3.53. The summed E-state index contributed by atoms with van der Waals surface area (Å²) in [6, 6.07) is 3.76. The van der Waals surface area contributed by atoms with Gasteiger partial charge in [-0.2, -0.15) is 5.06 Å². The molecule has 4 nitrogen and oxygen atoms in total. The van der Waals surface area contributed by atoms with E-state index in [2.05, 4.69) is 0 Å². The largest absolute Gasteiger partial charge is 0.314 e. The molecule has 0 saturated heterocycles. The van der Waals surface area contributed by atoms with Gasteiger partial charge in [-0.3, -0.25) is 0 Å². The van der Waals surface area contributed by atoms with Crippen LogP contribution in [0.1, 0.15) is 5.56 Å². The van der Waals surface area contributed by atoms with Gasteiger partial charge in [0.2, 0.25) is 0 Å². The Morgan fingerprint density at radius 2 is 2.07 bits per heavy atom. The maximum absolute atomic E-state index is 13.3. The van der Waals surface area contributed by atoms with Crippen molar-refractivity contribution >= 4 is 9.84 Å². The Hall–Kier alpha value is -0.980. The number of nitrogens with zero attached hydrogens (tertiary/aromatic N) is 1. The highest BCUT2D eigenvalue weighted by atomic mass is 32.2. The molecule has 0 aromatic heterocycles. The van der Waals surface area contributed by atoms with Crippen LogP contribution in [0.2, 0.25) is 0 Å². The van der Waals surface area contributed by atoms with Crippen LogP contribution in [-0.4, -0.2) is 32.0 Å². The molecule has 1 N–H and O–H groups in total. The van der Waals surface area contributed by atoms with Crippen molar-refractivity contribution < 1.29 is 18.0 Å². The maximum atomic E-state index is 13.3. The molecule has 0 radical (unpaired) electrons. The predicted octanol–water partition coefficient (Wildman–Crippen LogP) is 1.05. The fraction of sp³-hybridized carbons (Fsp3) is 0.333. The second-order valence-electron chi connectivity index (χ2n) is 3.35. The average Bonchev–Trinajstić information content (AvgIpc) is 1.99. The number of sulfone groups is 1. The lowest BCUT2D eigenvalue weighted by atomic mass is 10.2. The van der Waals surface area contributed by atoms with Gasteiger partial charge in [0.1, 0.15) is 10.7 Å². The van der Waals surface area contributed by atoms with Crippen molar-refractivity contribution in [3.8, 4) is 0 Å². The van der Waals surface area contributed by atoms with E-state index in [4.69, 9.17) is 5.21 Å². The molecule has 0 aliphatic carbocycles. The number of hydroxylamine groups is 2. The topological polar surface area (TPSA) is 57.6 Å². The molecule has 84 valence electrons. The molecule has 0 fully saturated rings. The van der Waals surface area contributed by atoms with E-state index < -0.39 is 15.7 Å². The highest BCUT2D eigenvalue weighted by Crippen LogP contribution is 2.16. The number of benzene rings is 1. The van der Waals surface area contributed by atoms with Crippen molar-refractivity contribution in [1.29, 1.82) is 0 Å². The second-order valence-corrected chi connectivity index (χ2v) is 5.34. The van der Waals surface area contributed by atoms with Crippen LogP contribution in [0.3, 0.4) is 0 Å². The molecule has 0 aliphatic heterocycles. The van der Waals surface area contributed by atoms with E-state index in [1.54, 1.807) is 0 Å². The summed E-state index contributed by atoms with van der Waals surface area (Å²) in [5.74, 6) is -0.795. The van der Waals surface area contributed by atoms with Gasteiger partial charge < -0.3 is 5.21 Å². The minimum Gasteiger partial charge on any atom is -0.314 e. The molecule has 0 amide bonds. The van der Waals surface area contributed by atoms with Crippen LogP contribution < -0.4 is 0 Å². The Balaban J connectivity index is 3.09. The first-order valence-electron chi connectivity index (χ1n) is 4.19. The summed E-state index contributed by atoms with van der Waals surface area (Å²) in [6.45, 7) is 0.140. The van der Waals surface area contributed by atoms with Crippen LogP contribution in [0.4, 0.5) is 4.39 Å². The third kappa shape index (κ3) is 3.26. The van der Waals surface area contributed by atoms with Gasteiger partial charge in [-0.15, -0.1) is 0 Å². The summed E-state index contributed by atoms with van der Waals surface area (Å²) in [4.78, 5) is -0.327. The normalized spacial score (nSPS) is 12.1. The number of hydrogen-bond donors (Lipinski definition) is 1. The first kappa shape index (κ1) is 12.1. The highest BCUT2D eigenvalue weighted by molar-refractivity contribution is 7.90. The van der Waals surface area contributed by atoms with Gasteiger partial charge in [0.25, 0.3) is 0 Å². The molecule has 0 atom stereocenters. The first-order valence-corrected chi connectivity index (χ1v) is 6.08. The third-order valence-electron chi connectivity index (χ3n) is 1.81. The molecule has 0 bridgehead atoms. The highest BCUT2D eigenvalue weighted by Gasteiger charge is 2.13. The summed E-state index contributed by atoms with van der Waals surface area (Å²) in [7, 11) is -2.11. The average molecular weight is 233 g/mol. The molecule has 0 saturated carbocycles. The summed E-state index contributed by atoms with van der Waals surface area (Å²) in [5.41, 5.74) is 0.505. The molecule has 0 spiro atoms. The fourth-order valence-electron chi connectivity index (χ4n) is 1.21. The zero-order valence-corrected chi connectivity index (χ0v) is 9.25. The van der Waals surface area contributed by atoms with Crippen LogP contribution in [0.25, 0.3) is 0 Å². The Morgan fingerprint density at radius 3 is 2.47 bits per heavy atom. The molecule has 15 heavy (non-hydrogen) atoms. The molecule has 1 rings (SSSR count). The van der Waals surface area contributed by atoms with Crippen LogP contribution >= 0.6 is 0 Å². The van der Waals surface area contributed by atoms with E-state index in [9.17, 15) is 12.8 Å². The molecule has 0 unspecified atom stereocenters. The van der Waals surface area contributed by atoms with Crippen LogP contribution in [0, 0.1) is 5.82 Å². The lowest BCUT2D eigenvalue weighted by Gasteiger charge is -2.09. The Kier molecular flexibility index (Phi) is 3.43. The van der Waals surface area contributed by atoms with Crippen LogP contribution in [-0.2, 0) is 16.4 Å². The zero-order chi connectivity index (χ0) is 11.6. The summed E-state index contributed by atoms with van der Waals surface area (Å²) in [6.07, 6.45) is 0.948. The number of halogens is 1. The Bertz CT molecular complexity index is 456. The summed E-state index contributed by atoms with van der Waals surface area (Å²) < 4.78 is 35.5. The predicted molar refractivity (Wildman–Crippen MR) is 52.8 cm³/mol. The van der Waals surface area contributed by atoms with Crippen molar-refractivity contribution in [3.05, 3.63) is 29.6 Å². The van der Waals surface area contributed by atoms with Gasteiger partial charge in [0, 0.05) is 19.8 Å². The minimum absolute atomic E-state index is 0.140. The molecule has 6 heteroatoms. The van der Waals surface area contributed by atoms with Crippen molar-refractivity contribution in [1.82, 2.24) is 5.06 Å². The van der Waals surface area contributed by atoms with Gasteiger partial charge >= 0.3 is 0 Å². The Morgan fingerprint density at radius 1 is 1.47 bits per heavy atom. The third-order valence-corrected chi connectivity index (χ3v) is 2.94. The van der Waals surface area contributed by atoms with Gasteiger partial charge in [0.15, 0.2) is 9.84 Å². The lowest BCUT2D eigenvalue weighted by Crippen LogP contribution is -2.12. The quantitative estimate of drug-likeness (QED) is 0.793. The van der Waals surface area contributed by atoms with Crippen LogP contribution in [0.15, 0.2) is 23.1 Å². The van der Waals surface area contributed by atoms with E-state index in [1.165, 1.54) is 19.2 Å². The van der Waals surface area contributed by atoms with Gasteiger partial charge in [-0.1, -0.05) is 6.07 Å². The van der Waals surface area contributed by atoms with Crippen molar-refractivity contribution in [2.24, 2.45) is 0 Å². The zero-order valence-electron chi connectivity index (χ0n) is 8.44. The van der Waals surface area contributed by atoms with E-state index in [0.29, 0.717) is 5.56 Å². The number of rotatable bonds is 3. The molecule has 0 aliphatic rings. The lowest BCUT2D eigenvalue weighted by molar-refractivity contribution is -0.0732. The molecule has 1 aromatic carbocycles. The summed E-state index contributed by atoms with van der Waals surface area (Å²) in [5, 5.41) is 9.80. The van der Waals surface area contributed by atoms with Gasteiger partial charge in [-0.25, -0.2) is 12.8 Å². The standard InChI is InChI=1S/C9H12FNO3S/c1-11(12)6-7-3-4-9(8(10)5-7)15(2,13)14/h3-5,12H,6H2,1-2H3. The Labute approximate surface area is 87.8 Å². The van der Waals surface area contributed by atoms with E-state index in [0.717, 1.165) is 17.4 Å². The van der Waals surface area contributed by atoms with Crippen molar-refractivity contribution in [3.63, 3.8) is 0 Å². The van der Waals surface area contributed by atoms with Crippen LogP contribution in [0.5, 0.6) is 0 Å². The first-order chi connectivity index (χ1) is 6.80. The number of hydrogen-bond acceptors (Lipinski definition) is 4. The maximum Gasteiger partial charge on any atom is 0.178 e. The summed E-state index contributed by atoms with van der Waals surface area (Å²) >= 11 is 0. The smallest absolute Gasteiger partial charge is 0.178 e. The molecule has 0 heterocycles. The van der Waals surface area contributed by atoms with E-state index in [1.807, 2.05) is 0 Å². The second kappa shape index (κ2) is 4.26. The SMILES string of the molecule is CN(O)Cc1ccc(S(C)(=O)=O)c(F)c1.